The van der Waals surface area contributed by atoms with Gasteiger partial charge in [-0.2, -0.15) is 0 Å². The van der Waals surface area contributed by atoms with Crippen molar-refractivity contribution in [1.82, 2.24) is 0 Å². The van der Waals surface area contributed by atoms with Gasteiger partial charge < -0.3 is 4.74 Å². The van der Waals surface area contributed by atoms with Crippen molar-refractivity contribution < 1.29 is 9.13 Å². The fraction of sp³-hybridized carbons (Fsp3) is 0.250. The molecule has 0 aliphatic carbocycles. The van der Waals surface area contributed by atoms with E-state index in [1.165, 1.54) is 12.1 Å². The van der Waals surface area contributed by atoms with Crippen molar-refractivity contribution in [3.05, 3.63) is 27.4 Å². The molecule has 0 spiro atoms. The molecule has 0 heterocycles. The number of rotatable bonds is 2. The highest BCUT2D eigenvalue weighted by molar-refractivity contribution is 9.10. The lowest BCUT2D eigenvalue weighted by molar-refractivity contribution is 0.321. The molecule has 0 saturated carbocycles. The summed E-state index contributed by atoms with van der Waals surface area (Å²) in [5.74, 6) is -0.223. The van der Waals surface area contributed by atoms with E-state index in [4.69, 9.17) is 16.3 Å². The standard InChI is InChI=1S/C8H7BrClFO/c1-2-12-8-3-5(9)6(10)4-7(8)11/h3-4H,2H2,1H3. The Labute approximate surface area is 83.6 Å². The van der Waals surface area contributed by atoms with Crippen LogP contribution in [0.5, 0.6) is 5.75 Å². The number of halogens is 3. The molecule has 0 aliphatic rings. The van der Waals surface area contributed by atoms with E-state index in [1.54, 1.807) is 6.92 Å². The molecule has 0 radical (unpaired) electrons. The van der Waals surface area contributed by atoms with E-state index in [0.717, 1.165) is 0 Å². The van der Waals surface area contributed by atoms with Crippen LogP contribution < -0.4 is 4.74 Å². The van der Waals surface area contributed by atoms with Gasteiger partial charge in [0.05, 0.1) is 11.6 Å². The molecular weight excluding hydrogens is 246 g/mol. The van der Waals surface area contributed by atoms with Gasteiger partial charge in [0.15, 0.2) is 11.6 Å². The van der Waals surface area contributed by atoms with Gasteiger partial charge in [0.2, 0.25) is 0 Å². The molecule has 1 nitrogen and oxygen atoms in total. The summed E-state index contributed by atoms with van der Waals surface area (Å²) < 4.78 is 18.6. The van der Waals surface area contributed by atoms with Crippen molar-refractivity contribution in [1.29, 1.82) is 0 Å². The summed E-state index contributed by atoms with van der Waals surface area (Å²) in [6.07, 6.45) is 0. The van der Waals surface area contributed by atoms with E-state index in [9.17, 15) is 4.39 Å². The second-order valence-electron chi connectivity index (χ2n) is 2.13. The molecule has 4 heteroatoms. The highest BCUT2D eigenvalue weighted by Crippen LogP contribution is 2.29. The van der Waals surface area contributed by atoms with E-state index in [0.29, 0.717) is 16.1 Å². The van der Waals surface area contributed by atoms with Crippen molar-refractivity contribution in [2.75, 3.05) is 6.61 Å². The van der Waals surface area contributed by atoms with Gasteiger partial charge in [-0.3, -0.25) is 0 Å². The zero-order valence-corrected chi connectivity index (χ0v) is 8.75. The molecule has 66 valence electrons. The van der Waals surface area contributed by atoms with Gasteiger partial charge in [0, 0.05) is 4.47 Å². The Kier molecular flexibility index (Phi) is 3.35. The Morgan fingerprint density at radius 1 is 1.58 bits per heavy atom. The molecule has 0 aliphatic heterocycles. The third-order valence-electron chi connectivity index (χ3n) is 1.27. The van der Waals surface area contributed by atoms with Crippen LogP contribution in [-0.2, 0) is 0 Å². The highest BCUT2D eigenvalue weighted by atomic mass is 79.9. The summed E-state index contributed by atoms with van der Waals surface area (Å²) in [6.45, 7) is 2.23. The smallest absolute Gasteiger partial charge is 0.166 e. The third kappa shape index (κ3) is 2.11. The molecule has 0 unspecified atom stereocenters. The molecule has 1 aromatic rings. The zero-order chi connectivity index (χ0) is 9.14. The maximum Gasteiger partial charge on any atom is 0.166 e. The molecule has 1 aromatic carbocycles. The summed E-state index contributed by atoms with van der Waals surface area (Å²) in [5.41, 5.74) is 0. The molecule has 0 saturated heterocycles. The Morgan fingerprint density at radius 2 is 2.25 bits per heavy atom. The third-order valence-corrected chi connectivity index (χ3v) is 2.47. The van der Waals surface area contributed by atoms with Crippen LogP contribution in [0.25, 0.3) is 0 Å². The molecule has 0 amide bonds. The van der Waals surface area contributed by atoms with Crippen LogP contribution in [0.1, 0.15) is 6.92 Å². The Bertz CT molecular complexity index is 291. The van der Waals surface area contributed by atoms with Crippen molar-refractivity contribution in [2.24, 2.45) is 0 Å². The lowest BCUT2D eigenvalue weighted by Gasteiger charge is -2.05. The zero-order valence-electron chi connectivity index (χ0n) is 6.40. The maximum atomic E-state index is 13.0. The minimum Gasteiger partial charge on any atom is -0.491 e. The predicted molar refractivity (Wildman–Crippen MR) is 50.3 cm³/mol. The van der Waals surface area contributed by atoms with E-state index in [1.807, 2.05) is 0 Å². The summed E-state index contributed by atoms with van der Waals surface area (Å²) in [4.78, 5) is 0. The van der Waals surface area contributed by atoms with Crippen LogP contribution in [0.4, 0.5) is 4.39 Å². The van der Waals surface area contributed by atoms with Gasteiger partial charge in [-0.05, 0) is 35.0 Å². The molecule has 0 aromatic heterocycles. The summed E-state index contributed by atoms with van der Waals surface area (Å²) in [6, 6.07) is 2.73. The topological polar surface area (TPSA) is 9.23 Å². The Morgan fingerprint density at radius 3 is 2.83 bits per heavy atom. The van der Waals surface area contributed by atoms with Crippen molar-refractivity contribution in [2.45, 2.75) is 6.92 Å². The highest BCUT2D eigenvalue weighted by Gasteiger charge is 2.06. The number of benzene rings is 1. The van der Waals surface area contributed by atoms with Crippen LogP contribution in [0.2, 0.25) is 5.02 Å². The average Bonchev–Trinajstić information content (AvgIpc) is 2.01. The van der Waals surface area contributed by atoms with E-state index in [-0.39, 0.29) is 5.75 Å². The van der Waals surface area contributed by atoms with Gasteiger partial charge in [-0.15, -0.1) is 0 Å². The molecule has 12 heavy (non-hydrogen) atoms. The Hall–Kier alpha value is -0.280. The van der Waals surface area contributed by atoms with Crippen LogP contribution in [-0.4, -0.2) is 6.61 Å². The van der Waals surface area contributed by atoms with Gasteiger partial charge in [0.25, 0.3) is 0 Å². The first-order chi connectivity index (χ1) is 5.65. The number of hydrogen-bond donors (Lipinski definition) is 0. The molecule has 0 N–H and O–H groups in total. The predicted octanol–water partition coefficient (Wildman–Crippen LogP) is 3.64. The molecular formula is C8H7BrClFO. The van der Waals surface area contributed by atoms with E-state index in [2.05, 4.69) is 15.9 Å². The van der Waals surface area contributed by atoms with Gasteiger partial charge in [-0.1, -0.05) is 11.6 Å². The minimum absolute atomic E-state index is 0.216. The van der Waals surface area contributed by atoms with E-state index < -0.39 is 5.82 Å². The lowest BCUT2D eigenvalue weighted by atomic mass is 10.3. The largest absolute Gasteiger partial charge is 0.491 e. The van der Waals surface area contributed by atoms with Gasteiger partial charge in [0.1, 0.15) is 0 Å². The number of hydrogen-bond acceptors (Lipinski definition) is 1. The Balaban J connectivity index is 3.05. The number of ether oxygens (including phenoxy) is 1. The average molecular weight is 253 g/mol. The second kappa shape index (κ2) is 4.10. The first-order valence-electron chi connectivity index (χ1n) is 3.42. The second-order valence-corrected chi connectivity index (χ2v) is 3.39. The summed E-state index contributed by atoms with van der Waals surface area (Å²) >= 11 is 8.82. The molecule has 1 rings (SSSR count). The fourth-order valence-corrected chi connectivity index (χ4v) is 1.24. The minimum atomic E-state index is -0.440. The molecule has 0 bridgehead atoms. The molecule has 0 atom stereocenters. The van der Waals surface area contributed by atoms with Crippen LogP contribution in [0.15, 0.2) is 16.6 Å². The van der Waals surface area contributed by atoms with Gasteiger partial charge >= 0.3 is 0 Å². The first-order valence-corrected chi connectivity index (χ1v) is 4.59. The quantitative estimate of drug-likeness (QED) is 0.731. The van der Waals surface area contributed by atoms with Gasteiger partial charge in [-0.25, -0.2) is 4.39 Å². The van der Waals surface area contributed by atoms with Crippen LogP contribution in [0.3, 0.4) is 0 Å². The summed E-state index contributed by atoms with van der Waals surface area (Å²) in [5, 5.41) is 0.343. The maximum absolute atomic E-state index is 13.0. The van der Waals surface area contributed by atoms with Crippen LogP contribution in [0, 0.1) is 5.82 Å². The van der Waals surface area contributed by atoms with Crippen LogP contribution >= 0.6 is 27.5 Å². The van der Waals surface area contributed by atoms with Crippen molar-refractivity contribution >= 4 is 27.5 Å². The molecule has 0 fully saturated rings. The van der Waals surface area contributed by atoms with Crippen molar-refractivity contribution in [3.63, 3.8) is 0 Å². The van der Waals surface area contributed by atoms with E-state index >= 15 is 0 Å². The first kappa shape index (κ1) is 9.81. The monoisotopic (exact) mass is 252 g/mol. The fourth-order valence-electron chi connectivity index (χ4n) is 0.770. The van der Waals surface area contributed by atoms with Crippen molar-refractivity contribution in [3.8, 4) is 5.75 Å². The SMILES string of the molecule is CCOc1cc(Br)c(Cl)cc1F. The normalized spacial score (nSPS) is 10.0. The lowest BCUT2D eigenvalue weighted by Crippen LogP contribution is -1.94. The summed E-state index contributed by atoms with van der Waals surface area (Å²) in [7, 11) is 0.